The lowest BCUT2D eigenvalue weighted by atomic mass is 9.84. The quantitative estimate of drug-likeness (QED) is 0.898. The summed E-state index contributed by atoms with van der Waals surface area (Å²) in [5.41, 5.74) is 0.899. The second kappa shape index (κ2) is 6.27. The average Bonchev–Trinajstić information content (AvgIpc) is 2.99. The molecule has 1 heterocycles. The summed E-state index contributed by atoms with van der Waals surface area (Å²) in [6.45, 7) is 5.45. The third kappa shape index (κ3) is 3.31. The van der Waals surface area contributed by atoms with Crippen LogP contribution in [0.1, 0.15) is 32.3 Å². The Morgan fingerprint density at radius 2 is 2.20 bits per heavy atom. The van der Waals surface area contributed by atoms with Gasteiger partial charge in [0.2, 0.25) is 5.91 Å². The largest absolute Gasteiger partial charge is 0.496 e. The Hall–Kier alpha value is -1.55. The number of para-hydroxylation sites is 1. The van der Waals surface area contributed by atoms with Crippen molar-refractivity contribution in [3.05, 3.63) is 29.8 Å². The van der Waals surface area contributed by atoms with E-state index in [1.807, 2.05) is 24.3 Å². The molecule has 1 N–H and O–H groups in total. The number of hydrogen-bond acceptors (Lipinski definition) is 3. The van der Waals surface area contributed by atoms with Crippen LogP contribution in [0.25, 0.3) is 0 Å². The Kier molecular flexibility index (Phi) is 4.65. The zero-order valence-electron chi connectivity index (χ0n) is 12.4. The molecule has 1 atom stereocenters. The Balaban J connectivity index is 2.01. The molecule has 1 fully saturated rings. The molecular formula is C16H23NO3. The number of nitrogens with one attached hydrogen (secondary N) is 1. The lowest BCUT2D eigenvalue weighted by Gasteiger charge is -2.28. The van der Waals surface area contributed by atoms with Crippen molar-refractivity contribution in [2.24, 2.45) is 0 Å². The maximum absolute atomic E-state index is 12.0. The molecule has 2 rings (SSSR count). The average molecular weight is 277 g/mol. The van der Waals surface area contributed by atoms with Gasteiger partial charge in [0, 0.05) is 24.1 Å². The van der Waals surface area contributed by atoms with Gasteiger partial charge in [0.1, 0.15) is 11.9 Å². The number of carbonyl (C=O) groups excluding carboxylic acids is 1. The molecule has 0 saturated carbocycles. The third-order valence-corrected chi connectivity index (χ3v) is 3.76. The van der Waals surface area contributed by atoms with E-state index in [1.54, 1.807) is 7.11 Å². The first-order valence-corrected chi connectivity index (χ1v) is 7.07. The third-order valence-electron chi connectivity index (χ3n) is 3.76. The van der Waals surface area contributed by atoms with Gasteiger partial charge in [-0.05, 0) is 18.9 Å². The van der Waals surface area contributed by atoms with E-state index in [-0.39, 0.29) is 17.4 Å². The van der Waals surface area contributed by atoms with Crippen LogP contribution in [0.5, 0.6) is 5.75 Å². The van der Waals surface area contributed by atoms with Crippen LogP contribution < -0.4 is 10.1 Å². The SMILES string of the molecule is COc1ccccc1C(C)(C)CNC(=O)[C@H]1CCCO1. The molecule has 1 amide bonds. The lowest BCUT2D eigenvalue weighted by molar-refractivity contribution is -0.130. The summed E-state index contributed by atoms with van der Waals surface area (Å²) in [6, 6.07) is 7.92. The molecular weight excluding hydrogens is 254 g/mol. The minimum atomic E-state index is -0.275. The summed E-state index contributed by atoms with van der Waals surface area (Å²) < 4.78 is 10.8. The summed E-state index contributed by atoms with van der Waals surface area (Å²) in [6.07, 6.45) is 1.51. The maximum atomic E-state index is 12.0. The standard InChI is InChI=1S/C16H23NO3/c1-16(2,12-7-4-5-8-13(12)19-3)11-17-15(18)14-9-6-10-20-14/h4-5,7-8,14H,6,9-11H2,1-3H3,(H,17,18)/t14-/m1/s1. The number of carbonyl (C=O) groups is 1. The van der Waals surface area contributed by atoms with Crippen molar-refractivity contribution in [1.82, 2.24) is 5.32 Å². The van der Waals surface area contributed by atoms with Gasteiger partial charge in [-0.25, -0.2) is 0 Å². The molecule has 1 saturated heterocycles. The molecule has 1 aromatic carbocycles. The predicted octanol–water partition coefficient (Wildman–Crippen LogP) is 2.27. The van der Waals surface area contributed by atoms with Gasteiger partial charge < -0.3 is 14.8 Å². The first kappa shape index (κ1) is 14.9. The molecule has 4 heteroatoms. The number of benzene rings is 1. The van der Waals surface area contributed by atoms with Crippen LogP contribution in [-0.4, -0.2) is 32.3 Å². The second-order valence-corrected chi connectivity index (χ2v) is 5.80. The van der Waals surface area contributed by atoms with Gasteiger partial charge in [-0.3, -0.25) is 4.79 Å². The molecule has 110 valence electrons. The van der Waals surface area contributed by atoms with E-state index < -0.39 is 0 Å². The fourth-order valence-corrected chi connectivity index (χ4v) is 2.51. The molecule has 20 heavy (non-hydrogen) atoms. The molecule has 0 aromatic heterocycles. The zero-order valence-corrected chi connectivity index (χ0v) is 12.4. The number of amides is 1. The van der Waals surface area contributed by atoms with Crippen molar-refractivity contribution in [1.29, 1.82) is 0 Å². The highest BCUT2D eigenvalue weighted by Gasteiger charge is 2.28. The molecule has 1 aliphatic rings. The minimum Gasteiger partial charge on any atom is -0.496 e. The van der Waals surface area contributed by atoms with Gasteiger partial charge in [0.05, 0.1) is 7.11 Å². The maximum Gasteiger partial charge on any atom is 0.249 e. The van der Waals surface area contributed by atoms with E-state index in [2.05, 4.69) is 19.2 Å². The van der Waals surface area contributed by atoms with Crippen LogP contribution in [-0.2, 0) is 14.9 Å². The molecule has 0 radical (unpaired) electrons. The van der Waals surface area contributed by atoms with Crippen LogP contribution in [0.2, 0.25) is 0 Å². The second-order valence-electron chi connectivity index (χ2n) is 5.80. The Morgan fingerprint density at radius 1 is 1.45 bits per heavy atom. The van der Waals surface area contributed by atoms with Crippen molar-refractivity contribution < 1.29 is 14.3 Å². The van der Waals surface area contributed by atoms with E-state index in [9.17, 15) is 4.79 Å². The van der Waals surface area contributed by atoms with Crippen molar-refractivity contribution in [2.45, 2.75) is 38.2 Å². The number of hydrogen-bond donors (Lipinski definition) is 1. The molecule has 0 unspecified atom stereocenters. The van der Waals surface area contributed by atoms with Crippen molar-refractivity contribution in [2.75, 3.05) is 20.3 Å². The first-order chi connectivity index (χ1) is 9.54. The molecule has 1 aliphatic heterocycles. The van der Waals surface area contributed by atoms with Crippen molar-refractivity contribution in [3.63, 3.8) is 0 Å². The summed E-state index contributed by atoms with van der Waals surface area (Å²) in [5, 5.41) is 3.00. The number of methoxy groups -OCH3 is 1. The van der Waals surface area contributed by atoms with E-state index in [1.165, 1.54) is 0 Å². The fourth-order valence-electron chi connectivity index (χ4n) is 2.51. The van der Waals surface area contributed by atoms with E-state index >= 15 is 0 Å². The van der Waals surface area contributed by atoms with Gasteiger partial charge >= 0.3 is 0 Å². The van der Waals surface area contributed by atoms with Gasteiger partial charge in [-0.1, -0.05) is 32.0 Å². The van der Waals surface area contributed by atoms with E-state index in [4.69, 9.17) is 9.47 Å². The van der Waals surface area contributed by atoms with Gasteiger partial charge in [-0.2, -0.15) is 0 Å². The highest BCUT2D eigenvalue weighted by Crippen LogP contribution is 2.30. The Labute approximate surface area is 120 Å². The molecule has 0 spiro atoms. The first-order valence-electron chi connectivity index (χ1n) is 7.07. The smallest absolute Gasteiger partial charge is 0.249 e. The van der Waals surface area contributed by atoms with Crippen LogP contribution in [0.3, 0.4) is 0 Å². The Morgan fingerprint density at radius 3 is 2.85 bits per heavy atom. The molecule has 1 aromatic rings. The van der Waals surface area contributed by atoms with Crippen LogP contribution in [0, 0.1) is 0 Å². The van der Waals surface area contributed by atoms with Crippen molar-refractivity contribution in [3.8, 4) is 5.75 Å². The van der Waals surface area contributed by atoms with Crippen LogP contribution in [0.4, 0.5) is 0 Å². The summed E-state index contributed by atoms with van der Waals surface area (Å²) in [7, 11) is 1.67. The minimum absolute atomic E-state index is 0.00882. The van der Waals surface area contributed by atoms with Gasteiger partial charge in [0.15, 0.2) is 0 Å². The van der Waals surface area contributed by atoms with Gasteiger partial charge in [-0.15, -0.1) is 0 Å². The van der Waals surface area contributed by atoms with E-state index in [0.717, 1.165) is 24.2 Å². The molecule has 0 bridgehead atoms. The van der Waals surface area contributed by atoms with Gasteiger partial charge in [0.25, 0.3) is 0 Å². The zero-order chi connectivity index (χ0) is 14.6. The van der Waals surface area contributed by atoms with E-state index in [0.29, 0.717) is 13.2 Å². The van der Waals surface area contributed by atoms with Crippen molar-refractivity contribution >= 4 is 5.91 Å². The topological polar surface area (TPSA) is 47.6 Å². The molecule has 4 nitrogen and oxygen atoms in total. The summed E-state index contributed by atoms with van der Waals surface area (Å²) >= 11 is 0. The fraction of sp³-hybridized carbons (Fsp3) is 0.562. The highest BCUT2D eigenvalue weighted by molar-refractivity contribution is 5.81. The monoisotopic (exact) mass is 277 g/mol. The lowest BCUT2D eigenvalue weighted by Crippen LogP contribution is -2.41. The summed E-state index contributed by atoms with van der Waals surface area (Å²) in [5.74, 6) is 0.842. The highest BCUT2D eigenvalue weighted by atomic mass is 16.5. The Bertz CT molecular complexity index is 465. The van der Waals surface area contributed by atoms with Crippen LogP contribution in [0.15, 0.2) is 24.3 Å². The summed E-state index contributed by atoms with van der Waals surface area (Å²) in [4.78, 5) is 12.0. The molecule has 0 aliphatic carbocycles. The number of rotatable bonds is 5. The van der Waals surface area contributed by atoms with Crippen LogP contribution >= 0.6 is 0 Å². The normalized spacial score (nSPS) is 18.9. The number of ether oxygens (including phenoxy) is 2. The predicted molar refractivity (Wildman–Crippen MR) is 78.0 cm³/mol.